The maximum atomic E-state index is 13.0. The van der Waals surface area contributed by atoms with Crippen LogP contribution in [0.15, 0.2) is 53.6 Å². The van der Waals surface area contributed by atoms with Crippen LogP contribution in [0.4, 0.5) is 0 Å². The Morgan fingerprint density at radius 3 is 2.57 bits per heavy atom. The van der Waals surface area contributed by atoms with Crippen molar-refractivity contribution in [1.29, 1.82) is 0 Å². The van der Waals surface area contributed by atoms with E-state index in [1.165, 1.54) is 11.1 Å². The normalized spacial score (nSPS) is 20.3. The van der Waals surface area contributed by atoms with Crippen LogP contribution in [-0.4, -0.2) is 61.1 Å². The molecule has 0 atom stereocenters. The summed E-state index contributed by atoms with van der Waals surface area (Å²) < 4.78 is 31.6. The molecular weight excluding hydrogens is 398 g/mol. The molecule has 0 bridgehead atoms. The van der Waals surface area contributed by atoms with Gasteiger partial charge in [0, 0.05) is 5.39 Å². The highest BCUT2D eigenvalue weighted by Gasteiger charge is 2.48. The van der Waals surface area contributed by atoms with Gasteiger partial charge in [-0.2, -0.15) is 5.10 Å². The average Bonchev–Trinajstić information content (AvgIpc) is 3.18. The predicted molar refractivity (Wildman–Crippen MR) is 116 cm³/mol. The second-order valence-corrected chi connectivity index (χ2v) is 10.7. The van der Waals surface area contributed by atoms with Crippen LogP contribution in [0.2, 0.25) is 0 Å². The topological polar surface area (TPSA) is 75.3 Å². The van der Waals surface area contributed by atoms with E-state index in [1.54, 1.807) is 24.3 Å². The maximum Gasteiger partial charge on any atom is 0.180 e. The van der Waals surface area contributed by atoms with Crippen molar-refractivity contribution >= 4 is 20.7 Å². The van der Waals surface area contributed by atoms with Gasteiger partial charge >= 0.3 is 0 Å². The lowest BCUT2D eigenvalue weighted by atomic mass is 9.84. The highest BCUT2D eigenvalue weighted by Crippen LogP contribution is 2.37. The fourth-order valence-corrected chi connectivity index (χ4v) is 6.78. The molecule has 0 amide bonds. The van der Waals surface area contributed by atoms with Crippen LogP contribution in [0.1, 0.15) is 29.9 Å². The van der Waals surface area contributed by atoms with Gasteiger partial charge in [-0.15, -0.1) is 0 Å². The summed E-state index contributed by atoms with van der Waals surface area (Å²) in [4.78, 5) is 2.76. The van der Waals surface area contributed by atoms with E-state index in [1.807, 2.05) is 12.3 Å². The molecule has 2 aliphatic heterocycles. The minimum absolute atomic E-state index is 0.119. The summed E-state index contributed by atoms with van der Waals surface area (Å²) in [6.45, 7) is 4.92. The van der Waals surface area contributed by atoms with E-state index in [0.29, 0.717) is 24.0 Å². The Balaban J connectivity index is 1.32. The van der Waals surface area contributed by atoms with E-state index in [9.17, 15) is 8.42 Å². The van der Waals surface area contributed by atoms with Gasteiger partial charge in [0.15, 0.2) is 9.84 Å². The van der Waals surface area contributed by atoms with Crippen molar-refractivity contribution < 1.29 is 13.2 Å². The number of aryl methyl sites for hydroxylation is 1. The first-order valence-electron chi connectivity index (χ1n) is 10.5. The zero-order chi connectivity index (χ0) is 20.8. The van der Waals surface area contributed by atoms with Gasteiger partial charge in [-0.25, -0.2) is 8.42 Å². The fourth-order valence-electron chi connectivity index (χ4n) is 4.99. The number of H-pyrrole nitrogens is 1. The van der Waals surface area contributed by atoms with Crippen LogP contribution in [0, 0.1) is 6.92 Å². The van der Waals surface area contributed by atoms with Gasteiger partial charge in [-0.3, -0.25) is 10.00 Å². The van der Waals surface area contributed by atoms with Crippen LogP contribution < -0.4 is 0 Å². The molecule has 30 heavy (non-hydrogen) atoms. The standard InChI is InChI=1S/C23H27N3O3S/c1-17-11-19-13-24-25-22(19)12-21(17)18-7-9-26(10-8-18)23(14-29-15-23)16-30(27,28)20-5-3-2-4-6-20/h2-6,11-13,18H,7-10,14-16H2,1H3,(H,24,25). The third-order valence-corrected chi connectivity index (χ3v) is 8.64. The van der Waals surface area contributed by atoms with Crippen molar-refractivity contribution in [3.05, 3.63) is 59.8 Å². The molecule has 2 aliphatic rings. The molecule has 6 nitrogen and oxygen atoms in total. The quantitative estimate of drug-likeness (QED) is 0.679. The fraction of sp³-hybridized carbons (Fsp3) is 0.435. The number of hydrogen-bond acceptors (Lipinski definition) is 5. The Hall–Kier alpha value is -2.22. The molecule has 1 aromatic heterocycles. The Bertz CT molecular complexity index is 1140. The summed E-state index contributed by atoms with van der Waals surface area (Å²) in [6.07, 6.45) is 3.91. The summed E-state index contributed by atoms with van der Waals surface area (Å²) in [7, 11) is -3.35. The highest BCUT2D eigenvalue weighted by atomic mass is 32.2. The molecule has 0 aliphatic carbocycles. The third-order valence-electron chi connectivity index (χ3n) is 6.73. The van der Waals surface area contributed by atoms with Gasteiger partial charge in [0.05, 0.1) is 41.1 Å². The Labute approximate surface area is 177 Å². The second-order valence-electron chi connectivity index (χ2n) is 8.72. The highest BCUT2D eigenvalue weighted by molar-refractivity contribution is 7.91. The number of aromatic nitrogens is 2. The number of aromatic amines is 1. The van der Waals surface area contributed by atoms with E-state index in [2.05, 4.69) is 34.2 Å². The van der Waals surface area contributed by atoms with Gasteiger partial charge < -0.3 is 4.74 Å². The number of nitrogens with zero attached hydrogens (tertiary/aromatic N) is 2. The van der Waals surface area contributed by atoms with Crippen molar-refractivity contribution in [3.8, 4) is 0 Å². The first-order valence-corrected chi connectivity index (χ1v) is 12.2. The van der Waals surface area contributed by atoms with E-state index >= 15 is 0 Å². The molecule has 5 rings (SSSR count). The molecule has 1 N–H and O–H groups in total. The Kier molecular flexibility index (Phi) is 4.92. The molecule has 7 heteroatoms. The number of rotatable bonds is 5. The summed E-state index contributed by atoms with van der Waals surface area (Å²) >= 11 is 0. The molecule has 3 heterocycles. The first kappa shape index (κ1) is 19.7. The third kappa shape index (κ3) is 3.45. The molecule has 3 aromatic rings. The predicted octanol–water partition coefficient (Wildman–Crippen LogP) is 3.29. The number of hydrogen-bond donors (Lipinski definition) is 1. The summed E-state index contributed by atoms with van der Waals surface area (Å²) in [6, 6.07) is 13.2. The zero-order valence-corrected chi connectivity index (χ0v) is 18.0. The minimum Gasteiger partial charge on any atom is -0.377 e. The van der Waals surface area contributed by atoms with E-state index in [-0.39, 0.29) is 5.75 Å². The Morgan fingerprint density at radius 2 is 1.90 bits per heavy atom. The first-order chi connectivity index (χ1) is 14.5. The smallest absolute Gasteiger partial charge is 0.180 e. The number of ether oxygens (including phenoxy) is 1. The average molecular weight is 426 g/mol. The molecule has 2 fully saturated rings. The maximum absolute atomic E-state index is 13.0. The SMILES string of the molecule is Cc1cc2cn[nH]c2cc1C1CCN(C2(CS(=O)(=O)c3ccccc3)COC2)CC1. The molecule has 0 spiro atoms. The van der Waals surface area contributed by atoms with E-state index in [0.717, 1.165) is 36.8 Å². The number of nitrogens with one attached hydrogen (secondary N) is 1. The van der Waals surface area contributed by atoms with Gasteiger partial charge in [0.1, 0.15) is 0 Å². The number of sulfone groups is 1. The summed E-state index contributed by atoms with van der Waals surface area (Å²) in [5.74, 6) is 0.603. The summed E-state index contributed by atoms with van der Waals surface area (Å²) in [5, 5.41) is 8.37. The van der Waals surface area contributed by atoms with E-state index < -0.39 is 15.4 Å². The van der Waals surface area contributed by atoms with Crippen molar-refractivity contribution in [2.24, 2.45) is 0 Å². The van der Waals surface area contributed by atoms with Crippen molar-refractivity contribution in [2.75, 3.05) is 32.1 Å². The lowest BCUT2D eigenvalue weighted by Crippen LogP contribution is -2.66. The Morgan fingerprint density at radius 1 is 1.17 bits per heavy atom. The summed E-state index contributed by atoms with van der Waals surface area (Å²) in [5.41, 5.74) is 3.36. The molecule has 0 saturated carbocycles. The molecule has 0 unspecified atom stereocenters. The van der Waals surface area contributed by atoms with Crippen molar-refractivity contribution in [3.63, 3.8) is 0 Å². The van der Waals surface area contributed by atoms with Gasteiger partial charge in [0.25, 0.3) is 0 Å². The number of benzene rings is 2. The minimum atomic E-state index is -3.35. The molecule has 158 valence electrons. The lowest BCUT2D eigenvalue weighted by molar-refractivity contribution is -0.133. The van der Waals surface area contributed by atoms with Gasteiger partial charge in [-0.05, 0) is 74.2 Å². The van der Waals surface area contributed by atoms with Crippen LogP contribution in [0.25, 0.3) is 10.9 Å². The number of piperidine rings is 1. The number of likely N-dealkylation sites (tertiary alicyclic amines) is 1. The van der Waals surface area contributed by atoms with Crippen molar-refractivity contribution in [1.82, 2.24) is 15.1 Å². The van der Waals surface area contributed by atoms with Crippen LogP contribution in [0.3, 0.4) is 0 Å². The van der Waals surface area contributed by atoms with Gasteiger partial charge in [-0.1, -0.05) is 18.2 Å². The second kappa shape index (κ2) is 7.48. The zero-order valence-electron chi connectivity index (χ0n) is 17.2. The van der Waals surface area contributed by atoms with Gasteiger partial charge in [0.2, 0.25) is 0 Å². The molecule has 2 aromatic carbocycles. The van der Waals surface area contributed by atoms with Crippen LogP contribution in [-0.2, 0) is 14.6 Å². The van der Waals surface area contributed by atoms with Crippen molar-refractivity contribution in [2.45, 2.75) is 36.1 Å². The van der Waals surface area contributed by atoms with Crippen LogP contribution in [0.5, 0.6) is 0 Å². The van der Waals surface area contributed by atoms with E-state index in [4.69, 9.17) is 4.74 Å². The molecule has 0 radical (unpaired) electrons. The monoisotopic (exact) mass is 425 g/mol. The number of fused-ring (bicyclic) bond motifs is 1. The lowest BCUT2D eigenvalue weighted by Gasteiger charge is -2.51. The molecule has 2 saturated heterocycles. The molecular formula is C23H27N3O3S. The largest absolute Gasteiger partial charge is 0.377 e. The van der Waals surface area contributed by atoms with Crippen LogP contribution >= 0.6 is 0 Å².